The summed E-state index contributed by atoms with van der Waals surface area (Å²) in [7, 11) is -2.79. The maximum atomic E-state index is 9.78. The molecule has 8 heavy (non-hydrogen) atoms. The molecule has 0 aromatic rings. The molecule has 2 unspecified atom stereocenters. The van der Waals surface area contributed by atoms with E-state index in [0.717, 1.165) is 0 Å². The van der Waals surface area contributed by atoms with E-state index in [0.29, 0.717) is 0 Å². The summed E-state index contributed by atoms with van der Waals surface area (Å²) >= 11 is 4.96. The molecule has 0 heterocycles. The molecular formula is C2H9AlClO3P. The Bertz CT molecular complexity index is 79.7. The number of hydrogen-bond donors (Lipinski definition) is 2. The molecule has 0 aliphatic rings. The molecule has 3 nitrogen and oxygen atoms in total. The lowest BCUT2D eigenvalue weighted by molar-refractivity contribution is 0.259. The van der Waals surface area contributed by atoms with Crippen molar-refractivity contribution in [3.8, 4) is 0 Å². The Kier molecular flexibility index (Phi) is 8.94. The molecule has 0 spiro atoms. The molecule has 0 aliphatic heterocycles. The molecule has 0 radical (unpaired) electrons. The van der Waals surface area contributed by atoms with E-state index in [1.54, 1.807) is 0 Å². The number of alkyl halides is 1. The van der Waals surface area contributed by atoms with Crippen LogP contribution < -0.4 is 0 Å². The van der Waals surface area contributed by atoms with Gasteiger partial charge >= 0.3 is 0 Å². The molecule has 0 fully saturated rings. The average Bonchev–Trinajstić information content (AvgIpc) is 1.65. The number of aliphatic hydroxyl groups excluding tert-OH is 1. The van der Waals surface area contributed by atoms with Crippen LogP contribution >= 0.6 is 19.6 Å². The molecule has 0 saturated carbocycles. The first kappa shape index (κ1) is 11.7. The minimum Gasteiger partial charge on any atom is -0.382 e. The first-order valence-electron chi connectivity index (χ1n) is 1.65. The van der Waals surface area contributed by atoms with E-state index < -0.39 is 13.9 Å². The molecule has 0 aromatic carbocycles. The van der Waals surface area contributed by atoms with E-state index in [1.807, 2.05) is 0 Å². The van der Waals surface area contributed by atoms with Gasteiger partial charge in [-0.1, -0.05) is 0 Å². The van der Waals surface area contributed by atoms with Crippen molar-refractivity contribution in [1.29, 1.82) is 0 Å². The van der Waals surface area contributed by atoms with Crippen LogP contribution in [0.15, 0.2) is 0 Å². The van der Waals surface area contributed by atoms with Crippen LogP contribution in [0.2, 0.25) is 0 Å². The summed E-state index contributed by atoms with van der Waals surface area (Å²) in [6, 6.07) is 0. The van der Waals surface area contributed by atoms with Gasteiger partial charge in [0.25, 0.3) is 0 Å². The Morgan fingerprint density at radius 3 is 2.12 bits per heavy atom. The van der Waals surface area contributed by atoms with Crippen molar-refractivity contribution >= 4 is 37.0 Å². The Labute approximate surface area is 63.7 Å². The number of rotatable bonds is 2. The zero-order chi connectivity index (χ0) is 5.86. The van der Waals surface area contributed by atoms with Gasteiger partial charge in [0.2, 0.25) is 8.03 Å². The van der Waals surface area contributed by atoms with Crippen molar-refractivity contribution < 1.29 is 14.6 Å². The van der Waals surface area contributed by atoms with Crippen LogP contribution in [-0.2, 0) is 4.57 Å². The molecule has 0 aromatic heterocycles. The van der Waals surface area contributed by atoms with Crippen LogP contribution in [0.5, 0.6) is 0 Å². The first-order valence-corrected chi connectivity index (χ1v) is 3.62. The maximum Gasteiger partial charge on any atom is 0.217 e. The molecule has 2 atom stereocenters. The Hall–Kier alpha value is 0.972. The second kappa shape index (κ2) is 6.10. The normalized spacial score (nSPS) is 16.4. The monoisotopic (exact) mass is 174 g/mol. The van der Waals surface area contributed by atoms with Crippen molar-refractivity contribution in [3.05, 3.63) is 0 Å². The third kappa shape index (κ3) is 5.12. The lowest BCUT2D eigenvalue weighted by Crippen LogP contribution is -1.99. The van der Waals surface area contributed by atoms with Crippen molar-refractivity contribution in [2.24, 2.45) is 0 Å². The molecule has 0 bridgehead atoms. The molecule has 0 saturated heterocycles. The second-order valence-electron chi connectivity index (χ2n) is 1.01. The van der Waals surface area contributed by atoms with Gasteiger partial charge in [-0.3, -0.25) is 4.57 Å². The van der Waals surface area contributed by atoms with Crippen LogP contribution in [0.25, 0.3) is 0 Å². The Morgan fingerprint density at radius 1 is 1.75 bits per heavy atom. The fourth-order valence-corrected chi connectivity index (χ4v) is 0.594. The topological polar surface area (TPSA) is 57.5 Å². The molecule has 50 valence electrons. The van der Waals surface area contributed by atoms with Gasteiger partial charge in [-0.15, -0.1) is 11.6 Å². The van der Waals surface area contributed by atoms with E-state index >= 15 is 0 Å². The van der Waals surface area contributed by atoms with Crippen LogP contribution in [0.4, 0.5) is 0 Å². The van der Waals surface area contributed by atoms with Crippen LogP contribution in [0.1, 0.15) is 0 Å². The van der Waals surface area contributed by atoms with E-state index in [4.69, 9.17) is 21.6 Å². The van der Waals surface area contributed by atoms with Crippen molar-refractivity contribution in [2.75, 3.05) is 5.88 Å². The number of aliphatic hydroxyl groups is 1. The summed E-state index contributed by atoms with van der Waals surface area (Å²) in [6.07, 6.45) is 0. The van der Waals surface area contributed by atoms with E-state index in [2.05, 4.69) is 0 Å². The highest BCUT2D eigenvalue weighted by Gasteiger charge is 2.05. The highest BCUT2D eigenvalue weighted by atomic mass is 35.5. The minimum absolute atomic E-state index is 0. The molecule has 0 amide bonds. The maximum absolute atomic E-state index is 9.78. The number of halogens is 1. The van der Waals surface area contributed by atoms with Gasteiger partial charge in [0.15, 0.2) is 17.4 Å². The van der Waals surface area contributed by atoms with Gasteiger partial charge in [0, 0.05) is 0 Å². The van der Waals surface area contributed by atoms with Crippen molar-refractivity contribution in [2.45, 2.75) is 5.85 Å². The molecule has 0 aliphatic carbocycles. The van der Waals surface area contributed by atoms with E-state index in [1.165, 1.54) is 0 Å². The first-order chi connectivity index (χ1) is 3.18. The lowest BCUT2D eigenvalue weighted by atomic mass is 10.9. The van der Waals surface area contributed by atoms with Gasteiger partial charge in [0.05, 0.1) is 5.88 Å². The fourth-order valence-electron chi connectivity index (χ4n) is 0.0660. The Morgan fingerprint density at radius 2 is 2.12 bits per heavy atom. The van der Waals surface area contributed by atoms with Crippen LogP contribution in [-0.4, -0.2) is 39.1 Å². The second-order valence-corrected chi connectivity index (χ2v) is 2.66. The van der Waals surface area contributed by atoms with E-state index in [-0.39, 0.29) is 23.2 Å². The van der Waals surface area contributed by atoms with E-state index in [9.17, 15) is 4.57 Å². The van der Waals surface area contributed by atoms with Crippen LogP contribution in [0, 0.1) is 0 Å². The molecule has 6 heteroatoms. The van der Waals surface area contributed by atoms with Gasteiger partial charge in [-0.05, 0) is 0 Å². The third-order valence-corrected chi connectivity index (χ3v) is 1.76. The van der Waals surface area contributed by atoms with Crippen LogP contribution in [0.3, 0.4) is 0 Å². The summed E-state index contributed by atoms with van der Waals surface area (Å²) in [6.45, 7) is 0. The average molecular weight is 174 g/mol. The van der Waals surface area contributed by atoms with Crippen molar-refractivity contribution in [3.63, 3.8) is 0 Å². The highest BCUT2D eigenvalue weighted by molar-refractivity contribution is 7.38. The minimum atomic E-state index is -2.79. The number of hydrogen-bond acceptors (Lipinski definition) is 2. The SMILES string of the molecule is O=[PH](O)C(O)CCl.[AlH3]. The quantitative estimate of drug-likeness (QED) is 0.315. The van der Waals surface area contributed by atoms with Gasteiger partial charge < -0.3 is 10.00 Å². The standard InChI is InChI=1S/C2H6ClO3P.Al.3H/c3-1-2(4)7(5)6;;;;/h2,4,7H,1H2,(H,5,6);;;;. The largest absolute Gasteiger partial charge is 0.382 e. The summed E-state index contributed by atoms with van der Waals surface area (Å²) in [4.78, 5) is 8.03. The smallest absolute Gasteiger partial charge is 0.217 e. The summed E-state index contributed by atoms with van der Waals surface area (Å²) in [5, 5.41) is 8.29. The summed E-state index contributed by atoms with van der Waals surface area (Å²) < 4.78 is 9.78. The summed E-state index contributed by atoms with van der Waals surface area (Å²) in [5.74, 6) is -1.40. The van der Waals surface area contributed by atoms with Gasteiger partial charge in [-0.2, -0.15) is 0 Å². The predicted octanol–water partition coefficient (Wildman–Crippen LogP) is -1.17. The van der Waals surface area contributed by atoms with Gasteiger partial charge in [0.1, 0.15) is 5.85 Å². The van der Waals surface area contributed by atoms with Gasteiger partial charge in [-0.25, -0.2) is 0 Å². The third-order valence-electron chi connectivity index (χ3n) is 0.431. The zero-order valence-electron chi connectivity index (χ0n) is 3.47. The fraction of sp³-hybridized carbons (Fsp3) is 1.00. The molecule has 2 N–H and O–H groups in total. The molecular weight excluding hydrogens is 165 g/mol. The summed E-state index contributed by atoms with van der Waals surface area (Å²) in [5.41, 5.74) is 0. The highest BCUT2D eigenvalue weighted by Crippen LogP contribution is 2.19. The van der Waals surface area contributed by atoms with Crippen molar-refractivity contribution in [1.82, 2.24) is 0 Å². The Balaban J connectivity index is 0. The molecule has 0 rings (SSSR count). The predicted molar refractivity (Wildman–Crippen MR) is 37.9 cm³/mol. The zero-order valence-corrected chi connectivity index (χ0v) is 5.22. The lowest BCUT2D eigenvalue weighted by Gasteiger charge is -1.96.